The van der Waals surface area contributed by atoms with E-state index in [2.05, 4.69) is 10.6 Å². The Morgan fingerprint density at radius 2 is 1.63 bits per heavy atom. The summed E-state index contributed by atoms with van der Waals surface area (Å²) in [6.45, 7) is 1.20. The van der Waals surface area contributed by atoms with Crippen LogP contribution in [0.4, 0.5) is 13.2 Å². The highest BCUT2D eigenvalue weighted by Gasteiger charge is 2.41. The van der Waals surface area contributed by atoms with Crippen molar-refractivity contribution >= 4 is 5.91 Å². The standard InChI is InChI=1S/C13H21F3N2O/c14-13(15,16)10-3-5-11(6-4-10)17-7-8-18-12(19)9-1-2-9/h9-11,17H,1-8H2,(H,18,19). The largest absolute Gasteiger partial charge is 0.391 e. The monoisotopic (exact) mass is 278 g/mol. The van der Waals surface area contributed by atoms with Gasteiger partial charge in [0.15, 0.2) is 0 Å². The lowest BCUT2D eigenvalue weighted by Gasteiger charge is -2.30. The predicted molar refractivity (Wildman–Crippen MR) is 65.5 cm³/mol. The van der Waals surface area contributed by atoms with Gasteiger partial charge in [-0.05, 0) is 38.5 Å². The van der Waals surface area contributed by atoms with Crippen LogP contribution in [0.5, 0.6) is 0 Å². The third-order valence-electron chi connectivity index (χ3n) is 4.00. The van der Waals surface area contributed by atoms with E-state index in [1.807, 2.05) is 0 Å². The molecule has 2 aliphatic rings. The fourth-order valence-electron chi connectivity index (χ4n) is 2.58. The second kappa shape index (κ2) is 6.11. The van der Waals surface area contributed by atoms with E-state index < -0.39 is 12.1 Å². The number of amides is 1. The summed E-state index contributed by atoms with van der Waals surface area (Å²) >= 11 is 0. The van der Waals surface area contributed by atoms with Gasteiger partial charge in [-0.2, -0.15) is 13.2 Å². The summed E-state index contributed by atoms with van der Waals surface area (Å²) in [5.74, 6) is -0.801. The van der Waals surface area contributed by atoms with Crippen LogP contribution in [-0.4, -0.2) is 31.2 Å². The van der Waals surface area contributed by atoms with Crippen LogP contribution < -0.4 is 10.6 Å². The molecule has 0 radical (unpaired) electrons. The molecule has 6 heteroatoms. The second-order valence-electron chi connectivity index (χ2n) is 5.61. The van der Waals surface area contributed by atoms with Crippen LogP contribution in [0, 0.1) is 11.8 Å². The van der Waals surface area contributed by atoms with Gasteiger partial charge in [0.25, 0.3) is 0 Å². The van der Waals surface area contributed by atoms with E-state index in [0.29, 0.717) is 25.9 Å². The van der Waals surface area contributed by atoms with Crippen molar-refractivity contribution in [1.82, 2.24) is 10.6 Å². The maximum absolute atomic E-state index is 12.5. The normalized spacial score (nSPS) is 28.2. The molecule has 2 N–H and O–H groups in total. The Morgan fingerprint density at radius 3 is 2.16 bits per heavy atom. The summed E-state index contributed by atoms with van der Waals surface area (Å²) in [5.41, 5.74) is 0. The molecule has 0 aromatic carbocycles. The van der Waals surface area contributed by atoms with Crippen LogP contribution in [0.1, 0.15) is 38.5 Å². The van der Waals surface area contributed by atoms with Gasteiger partial charge >= 0.3 is 6.18 Å². The minimum atomic E-state index is -4.04. The molecule has 0 aliphatic heterocycles. The zero-order chi connectivity index (χ0) is 13.9. The average Bonchev–Trinajstić information content (AvgIpc) is 3.18. The van der Waals surface area contributed by atoms with E-state index in [9.17, 15) is 18.0 Å². The molecule has 0 spiro atoms. The lowest BCUT2D eigenvalue weighted by molar-refractivity contribution is -0.182. The number of hydrogen-bond donors (Lipinski definition) is 2. The van der Waals surface area contributed by atoms with Gasteiger partial charge in [0.1, 0.15) is 0 Å². The smallest absolute Gasteiger partial charge is 0.355 e. The number of alkyl halides is 3. The van der Waals surface area contributed by atoms with Gasteiger partial charge in [-0.3, -0.25) is 4.79 Å². The van der Waals surface area contributed by atoms with Crippen molar-refractivity contribution in [3.8, 4) is 0 Å². The van der Waals surface area contributed by atoms with Crippen LogP contribution in [0.2, 0.25) is 0 Å². The Balaban J connectivity index is 1.54. The van der Waals surface area contributed by atoms with E-state index in [-0.39, 0.29) is 30.7 Å². The van der Waals surface area contributed by atoms with Crippen LogP contribution in [0.15, 0.2) is 0 Å². The first-order valence-corrected chi connectivity index (χ1v) is 7.04. The highest BCUT2D eigenvalue weighted by atomic mass is 19.4. The van der Waals surface area contributed by atoms with Gasteiger partial charge in [0.05, 0.1) is 5.92 Å². The molecule has 0 bridgehead atoms. The lowest BCUT2D eigenvalue weighted by atomic mass is 9.85. The van der Waals surface area contributed by atoms with Crippen LogP contribution in [-0.2, 0) is 4.79 Å². The Bertz CT molecular complexity index is 308. The molecule has 2 aliphatic carbocycles. The summed E-state index contributed by atoms with van der Waals surface area (Å²) in [5, 5.41) is 6.06. The molecular formula is C13H21F3N2O. The summed E-state index contributed by atoms with van der Waals surface area (Å²) < 4.78 is 37.4. The highest BCUT2D eigenvalue weighted by Crippen LogP contribution is 2.37. The topological polar surface area (TPSA) is 41.1 Å². The molecule has 0 unspecified atom stereocenters. The maximum Gasteiger partial charge on any atom is 0.391 e. The van der Waals surface area contributed by atoms with Crippen molar-refractivity contribution in [3.63, 3.8) is 0 Å². The predicted octanol–water partition coefficient (Wildman–Crippen LogP) is 2.22. The van der Waals surface area contributed by atoms with Crippen molar-refractivity contribution in [3.05, 3.63) is 0 Å². The third-order valence-corrected chi connectivity index (χ3v) is 4.00. The third kappa shape index (κ3) is 4.67. The fourth-order valence-corrected chi connectivity index (χ4v) is 2.58. The summed E-state index contributed by atoms with van der Waals surface area (Å²) in [7, 11) is 0. The molecule has 1 amide bonds. The highest BCUT2D eigenvalue weighted by molar-refractivity contribution is 5.80. The first-order valence-electron chi connectivity index (χ1n) is 7.04. The molecule has 2 fully saturated rings. The second-order valence-corrected chi connectivity index (χ2v) is 5.61. The number of hydrogen-bond acceptors (Lipinski definition) is 2. The molecule has 2 rings (SSSR count). The van der Waals surface area contributed by atoms with E-state index in [1.165, 1.54) is 0 Å². The summed E-state index contributed by atoms with van der Waals surface area (Å²) in [6, 6.07) is 0.163. The lowest BCUT2D eigenvalue weighted by Crippen LogP contribution is -2.40. The van der Waals surface area contributed by atoms with Gasteiger partial charge in [0.2, 0.25) is 5.91 Å². The van der Waals surface area contributed by atoms with Crippen molar-refractivity contribution in [2.75, 3.05) is 13.1 Å². The van der Waals surface area contributed by atoms with E-state index in [0.717, 1.165) is 12.8 Å². The summed E-state index contributed by atoms with van der Waals surface area (Å²) in [6.07, 6.45) is -0.489. The van der Waals surface area contributed by atoms with Crippen molar-refractivity contribution < 1.29 is 18.0 Å². The molecule has 19 heavy (non-hydrogen) atoms. The van der Waals surface area contributed by atoms with Crippen molar-refractivity contribution in [2.24, 2.45) is 11.8 Å². The molecule has 0 aromatic rings. The maximum atomic E-state index is 12.5. The first-order chi connectivity index (χ1) is 8.97. The number of nitrogens with one attached hydrogen (secondary N) is 2. The Labute approximate surface area is 111 Å². The van der Waals surface area contributed by atoms with Gasteiger partial charge in [0, 0.05) is 25.0 Å². The molecule has 110 valence electrons. The Kier molecular flexibility index (Phi) is 4.71. The zero-order valence-corrected chi connectivity index (χ0v) is 10.9. The van der Waals surface area contributed by atoms with Crippen LogP contribution >= 0.6 is 0 Å². The number of carbonyl (C=O) groups excluding carboxylic acids is 1. The Hall–Kier alpha value is -0.780. The van der Waals surface area contributed by atoms with Gasteiger partial charge in [-0.15, -0.1) is 0 Å². The molecule has 3 nitrogen and oxygen atoms in total. The molecule has 2 saturated carbocycles. The zero-order valence-electron chi connectivity index (χ0n) is 10.9. The number of carbonyl (C=O) groups is 1. The van der Waals surface area contributed by atoms with Gasteiger partial charge < -0.3 is 10.6 Å². The SMILES string of the molecule is O=C(NCCNC1CCC(C(F)(F)F)CC1)C1CC1. The quantitative estimate of drug-likeness (QED) is 0.757. The number of rotatable bonds is 5. The molecule has 0 aromatic heterocycles. The fraction of sp³-hybridized carbons (Fsp3) is 0.923. The average molecular weight is 278 g/mol. The van der Waals surface area contributed by atoms with Gasteiger partial charge in [-0.1, -0.05) is 0 Å². The first kappa shape index (κ1) is 14.6. The molecule has 0 saturated heterocycles. The molecule has 0 heterocycles. The van der Waals surface area contributed by atoms with E-state index in [4.69, 9.17) is 0 Å². The minimum Gasteiger partial charge on any atom is -0.355 e. The number of halogens is 3. The minimum absolute atomic E-state index is 0.113. The summed E-state index contributed by atoms with van der Waals surface area (Å²) in [4.78, 5) is 11.3. The van der Waals surface area contributed by atoms with Crippen LogP contribution in [0.25, 0.3) is 0 Å². The van der Waals surface area contributed by atoms with Gasteiger partial charge in [-0.25, -0.2) is 0 Å². The van der Waals surface area contributed by atoms with Crippen molar-refractivity contribution in [2.45, 2.75) is 50.7 Å². The Morgan fingerprint density at radius 1 is 1.00 bits per heavy atom. The van der Waals surface area contributed by atoms with Crippen LogP contribution in [0.3, 0.4) is 0 Å². The molecular weight excluding hydrogens is 257 g/mol. The molecule has 0 atom stereocenters. The van der Waals surface area contributed by atoms with E-state index in [1.54, 1.807) is 0 Å². The van der Waals surface area contributed by atoms with Crippen molar-refractivity contribution in [1.29, 1.82) is 0 Å². The van der Waals surface area contributed by atoms with E-state index >= 15 is 0 Å².